The molecule has 0 fully saturated rings. The molecule has 2 aliphatic rings. The number of para-hydroxylation sites is 2. The summed E-state index contributed by atoms with van der Waals surface area (Å²) in [6.45, 7) is 0. The highest BCUT2D eigenvalue weighted by atomic mass is 16.3. The summed E-state index contributed by atoms with van der Waals surface area (Å²) >= 11 is 0. The summed E-state index contributed by atoms with van der Waals surface area (Å²) in [5.41, 5.74) is 3.18. The zero-order valence-corrected chi connectivity index (χ0v) is 12.3. The normalized spacial score (nSPS) is 11.1. The number of aromatic hydroxyl groups is 1. The third kappa shape index (κ3) is 2.46. The number of benzene rings is 3. The van der Waals surface area contributed by atoms with E-state index >= 15 is 0 Å². The molecule has 0 amide bonds. The minimum absolute atomic E-state index is 0.0954. The molecular weight excluding hydrogens is 288 g/mol. The van der Waals surface area contributed by atoms with Crippen molar-refractivity contribution >= 4 is 11.0 Å². The molecule has 3 nitrogen and oxygen atoms in total. The summed E-state index contributed by atoms with van der Waals surface area (Å²) in [5, 5.41) is 11.0. The lowest BCUT2D eigenvalue weighted by atomic mass is 9.96. The Morgan fingerprint density at radius 1 is 0.870 bits per heavy atom. The molecule has 3 heteroatoms. The predicted molar refractivity (Wildman–Crippen MR) is 90.0 cm³/mol. The second kappa shape index (κ2) is 5.29. The maximum Gasteiger partial charge on any atom is 0.182 e. The highest BCUT2D eigenvalue weighted by Gasteiger charge is 2.14. The first-order valence-corrected chi connectivity index (χ1v) is 7.43. The number of fused-ring (bicyclic) bond motifs is 2. The van der Waals surface area contributed by atoms with Crippen molar-refractivity contribution in [3.8, 4) is 17.1 Å². The number of rotatable bonds is 2. The van der Waals surface area contributed by atoms with Gasteiger partial charge >= 0.3 is 0 Å². The first kappa shape index (κ1) is 13.6. The van der Waals surface area contributed by atoms with Crippen molar-refractivity contribution < 1.29 is 9.52 Å². The Balaban J connectivity index is 1.94. The Kier molecular flexibility index (Phi) is 3.12. The van der Waals surface area contributed by atoms with E-state index in [1.165, 1.54) is 6.07 Å². The van der Waals surface area contributed by atoms with Crippen LogP contribution >= 0.6 is 0 Å². The number of phenolic OH excluding ortho intramolecular Hbond substituents is 1. The smallest absolute Gasteiger partial charge is 0.182 e. The minimum Gasteiger partial charge on any atom is -0.508 e. The molecule has 2 aromatic carbocycles. The lowest BCUT2D eigenvalue weighted by molar-refractivity contribution is 0.469. The van der Waals surface area contributed by atoms with Gasteiger partial charge in [-0.05, 0) is 35.4 Å². The minimum atomic E-state index is -0.0954. The van der Waals surface area contributed by atoms with Gasteiger partial charge in [-0.25, -0.2) is 0 Å². The molecule has 0 saturated heterocycles. The predicted octanol–water partition coefficient (Wildman–Crippen LogP) is 4.19. The van der Waals surface area contributed by atoms with Crippen molar-refractivity contribution in [1.82, 2.24) is 0 Å². The second-order valence-electron chi connectivity index (χ2n) is 5.58. The average Bonchev–Trinajstić information content (AvgIpc) is 2.55. The highest BCUT2D eigenvalue weighted by Crippen LogP contribution is 2.32. The van der Waals surface area contributed by atoms with Gasteiger partial charge in [0.2, 0.25) is 0 Å². The number of hydrogen-bond donors (Lipinski definition) is 1. The van der Waals surface area contributed by atoms with Gasteiger partial charge in [-0.2, -0.15) is 0 Å². The van der Waals surface area contributed by atoms with Crippen LogP contribution in [0.3, 0.4) is 0 Å². The molecule has 2 aromatic rings. The van der Waals surface area contributed by atoms with Crippen LogP contribution in [0, 0.1) is 0 Å². The van der Waals surface area contributed by atoms with Gasteiger partial charge in [0.1, 0.15) is 17.1 Å². The van der Waals surface area contributed by atoms with E-state index in [-0.39, 0.29) is 11.2 Å². The van der Waals surface area contributed by atoms with Crippen molar-refractivity contribution in [1.29, 1.82) is 0 Å². The van der Waals surface area contributed by atoms with Gasteiger partial charge in [-0.15, -0.1) is 0 Å². The highest BCUT2D eigenvalue weighted by molar-refractivity contribution is 5.83. The Labute approximate surface area is 132 Å². The third-order valence-corrected chi connectivity index (χ3v) is 4.01. The van der Waals surface area contributed by atoms with Crippen LogP contribution in [-0.4, -0.2) is 5.11 Å². The van der Waals surface area contributed by atoms with Crippen LogP contribution in [0.15, 0.2) is 75.9 Å². The van der Waals surface area contributed by atoms with E-state index in [9.17, 15) is 9.90 Å². The molecule has 0 saturated carbocycles. The van der Waals surface area contributed by atoms with E-state index in [1.54, 1.807) is 18.2 Å². The topological polar surface area (TPSA) is 50.4 Å². The van der Waals surface area contributed by atoms with Crippen molar-refractivity contribution in [3.63, 3.8) is 0 Å². The van der Waals surface area contributed by atoms with Crippen LogP contribution in [0.25, 0.3) is 22.3 Å². The van der Waals surface area contributed by atoms with Crippen molar-refractivity contribution in [2.24, 2.45) is 0 Å². The Morgan fingerprint density at radius 3 is 2.52 bits per heavy atom. The fraction of sp³-hybridized carbons (Fsp3) is 0.0500. The Morgan fingerprint density at radius 2 is 1.65 bits per heavy atom. The molecule has 1 aliphatic carbocycles. The first-order valence-electron chi connectivity index (χ1n) is 7.43. The molecule has 0 unspecified atom stereocenters. The molecule has 112 valence electrons. The van der Waals surface area contributed by atoms with Crippen LogP contribution < -0.4 is 5.43 Å². The van der Waals surface area contributed by atoms with Crippen LogP contribution in [-0.2, 0) is 6.42 Å². The summed E-state index contributed by atoms with van der Waals surface area (Å²) in [7, 11) is 0. The second-order valence-corrected chi connectivity index (χ2v) is 5.58. The fourth-order valence-electron chi connectivity index (χ4n) is 2.88. The average molecular weight is 302 g/mol. The van der Waals surface area contributed by atoms with Gasteiger partial charge in [-0.3, -0.25) is 4.79 Å². The van der Waals surface area contributed by atoms with Crippen LogP contribution in [0.4, 0.5) is 0 Å². The molecule has 1 N–H and O–H groups in total. The van der Waals surface area contributed by atoms with Crippen LogP contribution in [0.2, 0.25) is 0 Å². The molecule has 0 spiro atoms. The summed E-state index contributed by atoms with van der Waals surface area (Å²) < 4.78 is 5.87. The first-order chi connectivity index (χ1) is 11.2. The third-order valence-electron chi connectivity index (χ3n) is 4.01. The zero-order valence-electron chi connectivity index (χ0n) is 12.3. The van der Waals surface area contributed by atoms with E-state index < -0.39 is 0 Å². The summed E-state index contributed by atoms with van der Waals surface area (Å²) in [5.74, 6) is 0.802. The maximum atomic E-state index is 12.0. The van der Waals surface area contributed by atoms with Gasteiger partial charge < -0.3 is 9.52 Å². The van der Waals surface area contributed by atoms with Gasteiger partial charge in [0.15, 0.2) is 5.43 Å². The molecule has 0 bridgehead atoms. The van der Waals surface area contributed by atoms with Crippen molar-refractivity contribution in [2.45, 2.75) is 6.42 Å². The van der Waals surface area contributed by atoms with Crippen LogP contribution in [0.5, 0.6) is 5.75 Å². The standard InChI is InChI=1S/C20H14O3/c21-16-10-15(9-13-5-1-3-7-18(13)22)17-11-14-6-2-4-8-19(14)23-20(17)12-16/h1-8,10-12,22H,9H2. The lowest BCUT2D eigenvalue weighted by Gasteiger charge is -2.12. The zero-order chi connectivity index (χ0) is 15.8. The molecule has 4 rings (SSSR count). The Hall–Kier alpha value is -3.07. The Bertz CT molecular complexity index is 1030. The molecule has 1 aliphatic heterocycles. The van der Waals surface area contributed by atoms with E-state index in [0.717, 1.165) is 27.7 Å². The van der Waals surface area contributed by atoms with Gasteiger partial charge in [0.25, 0.3) is 0 Å². The monoisotopic (exact) mass is 302 g/mol. The molecule has 0 aromatic heterocycles. The summed E-state index contributed by atoms with van der Waals surface area (Å²) in [4.78, 5) is 12.0. The SMILES string of the molecule is O=c1cc2oc3ccccc3cc-2c(Cc2ccccc2O)c1. The molecule has 1 heterocycles. The van der Waals surface area contributed by atoms with E-state index in [0.29, 0.717) is 12.2 Å². The maximum absolute atomic E-state index is 12.0. The molecular formula is C20H14O3. The van der Waals surface area contributed by atoms with Gasteiger partial charge in [-0.1, -0.05) is 36.4 Å². The fourth-order valence-corrected chi connectivity index (χ4v) is 2.88. The largest absolute Gasteiger partial charge is 0.508 e. The van der Waals surface area contributed by atoms with Crippen molar-refractivity contribution in [3.05, 3.63) is 88.1 Å². The summed E-state index contributed by atoms with van der Waals surface area (Å²) in [6, 6.07) is 20.0. The number of phenols is 1. The quantitative estimate of drug-likeness (QED) is 0.565. The van der Waals surface area contributed by atoms with Crippen molar-refractivity contribution in [2.75, 3.05) is 0 Å². The van der Waals surface area contributed by atoms with Gasteiger partial charge in [0, 0.05) is 23.4 Å². The number of hydrogen-bond acceptors (Lipinski definition) is 3. The van der Waals surface area contributed by atoms with Gasteiger partial charge in [0.05, 0.1) is 0 Å². The summed E-state index contributed by atoms with van der Waals surface area (Å²) in [6.07, 6.45) is 0.479. The van der Waals surface area contributed by atoms with E-state index in [1.807, 2.05) is 42.5 Å². The molecule has 0 radical (unpaired) electrons. The van der Waals surface area contributed by atoms with E-state index in [4.69, 9.17) is 4.42 Å². The molecule has 23 heavy (non-hydrogen) atoms. The van der Waals surface area contributed by atoms with Crippen LogP contribution in [0.1, 0.15) is 11.1 Å². The molecule has 0 atom stereocenters. The lowest BCUT2D eigenvalue weighted by Crippen LogP contribution is -2.04. The van der Waals surface area contributed by atoms with E-state index in [2.05, 4.69) is 0 Å².